The summed E-state index contributed by atoms with van der Waals surface area (Å²) in [4.78, 5) is 0. The number of nitrogens with two attached hydrogens (primary N) is 2. The summed E-state index contributed by atoms with van der Waals surface area (Å²) in [7, 11) is 0. The monoisotopic (exact) mass is 280 g/mol. The molecule has 0 saturated heterocycles. The average Bonchev–Trinajstić information content (AvgIpc) is 1.99. The van der Waals surface area contributed by atoms with Crippen LogP contribution in [0, 0.1) is 9.39 Å². The zero-order valence-corrected chi connectivity index (χ0v) is 8.80. The van der Waals surface area contributed by atoms with Gasteiger partial charge < -0.3 is 11.5 Å². The molecule has 0 aliphatic heterocycles. The van der Waals surface area contributed by atoms with E-state index in [-0.39, 0.29) is 11.7 Å². The van der Waals surface area contributed by atoms with Gasteiger partial charge in [-0.1, -0.05) is 0 Å². The molecule has 1 atom stereocenters. The maximum absolute atomic E-state index is 13.0. The first-order valence-corrected chi connectivity index (χ1v) is 4.60. The lowest BCUT2D eigenvalue weighted by molar-refractivity contribution is 0.626. The van der Waals surface area contributed by atoms with Crippen LogP contribution in [0.25, 0.3) is 0 Å². The number of halogens is 2. The number of anilines is 1. The van der Waals surface area contributed by atoms with E-state index in [1.54, 1.807) is 13.0 Å². The zero-order chi connectivity index (χ0) is 9.30. The minimum Gasteiger partial charge on any atom is -0.395 e. The summed E-state index contributed by atoms with van der Waals surface area (Å²) in [6.07, 6.45) is 0. The van der Waals surface area contributed by atoms with E-state index in [0.29, 0.717) is 3.57 Å². The molecule has 0 bridgehead atoms. The highest BCUT2D eigenvalue weighted by Gasteiger charge is 2.07. The predicted molar refractivity (Wildman–Crippen MR) is 56.1 cm³/mol. The van der Waals surface area contributed by atoms with Gasteiger partial charge in [0.1, 0.15) is 5.82 Å². The van der Waals surface area contributed by atoms with Crippen LogP contribution >= 0.6 is 22.6 Å². The number of hydrogen-bond donors (Lipinski definition) is 2. The first-order chi connectivity index (χ1) is 5.52. The molecular formula is C8H10FIN2. The van der Waals surface area contributed by atoms with E-state index >= 15 is 0 Å². The van der Waals surface area contributed by atoms with Gasteiger partial charge in [-0.2, -0.15) is 0 Å². The van der Waals surface area contributed by atoms with Crippen LogP contribution < -0.4 is 11.5 Å². The fourth-order valence-electron chi connectivity index (χ4n) is 0.867. The van der Waals surface area contributed by atoms with Gasteiger partial charge in [-0.3, -0.25) is 0 Å². The van der Waals surface area contributed by atoms with Crippen molar-refractivity contribution in [3.8, 4) is 0 Å². The van der Waals surface area contributed by atoms with Gasteiger partial charge in [0, 0.05) is 9.61 Å². The van der Waals surface area contributed by atoms with Gasteiger partial charge in [-0.15, -0.1) is 0 Å². The molecule has 0 fully saturated rings. The van der Waals surface area contributed by atoms with Crippen molar-refractivity contribution in [2.45, 2.75) is 13.0 Å². The Kier molecular flexibility index (Phi) is 2.89. The first kappa shape index (κ1) is 9.73. The number of hydrogen-bond acceptors (Lipinski definition) is 2. The molecule has 4 N–H and O–H groups in total. The molecule has 4 heteroatoms. The van der Waals surface area contributed by atoms with E-state index in [1.165, 1.54) is 6.07 Å². The van der Waals surface area contributed by atoms with Crippen LogP contribution in [0.15, 0.2) is 12.1 Å². The lowest BCUT2D eigenvalue weighted by Gasteiger charge is -2.08. The Balaban J connectivity index is 3.21. The van der Waals surface area contributed by atoms with E-state index < -0.39 is 5.82 Å². The highest BCUT2D eigenvalue weighted by Crippen LogP contribution is 2.23. The molecule has 1 aromatic rings. The second kappa shape index (κ2) is 3.57. The van der Waals surface area contributed by atoms with Crippen molar-refractivity contribution in [3.05, 3.63) is 27.1 Å². The summed E-state index contributed by atoms with van der Waals surface area (Å²) < 4.78 is 13.7. The van der Waals surface area contributed by atoms with Crippen LogP contribution in [0.5, 0.6) is 0 Å². The highest BCUT2D eigenvalue weighted by atomic mass is 127. The maximum atomic E-state index is 13.0. The van der Waals surface area contributed by atoms with Crippen LogP contribution in [-0.4, -0.2) is 0 Å². The van der Waals surface area contributed by atoms with E-state index in [4.69, 9.17) is 11.5 Å². The molecular weight excluding hydrogens is 270 g/mol. The minimum atomic E-state index is -0.394. The normalized spacial score (nSPS) is 13.0. The summed E-state index contributed by atoms with van der Waals surface area (Å²) in [6, 6.07) is 3.01. The Morgan fingerprint density at radius 3 is 2.50 bits per heavy atom. The molecule has 0 aliphatic carbocycles. The van der Waals surface area contributed by atoms with Gasteiger partial charge in [0.15, 0.2) is 0 Å². The van der Waals surface area contributed by atoms with Crippen molar-refractivity contribution in [1.82, 2.24) is 0 Å². The third-order valence-electron chi connectivity index (χ3n) is 1.63. The van der Waals surface area contributed by atoms with Gasteiger partial charge in [0.2, 0.25) is 0 Å². The summed E-state index contributed by atoms with van der Waals surface area (Å²) in [5.41, 5.74) is 12.0. The lowest BCUT2D eigenvalue weighted by Crippen LogP contribution is -2.07. The molecule has 1 rings (SSSR count). The Hall–Kier alpha value is -0.360. The summed E-state index contributed by atoms with van der Waals surface area (Å²) in [5, 5.41) is 0. The minimum absolute atomic E-state index is 0.159. The smallest absolute Gasteiger partial charge is 0.147 e. The SMILES string of the molecule is CC(N)c1cc(F)c(N)c(I)c1. The van der Waals surface area contributed by atoms with E-state index in [9.17, 15) is 4.39 Å². The maximum Gasteiger partial charge on any atom is 0.147 e. The fourth-order valence-corrected chi connectivity index (χ4v) is 1.48. The number of benzene rings is 1. The van der Waals surface area contributed by atoms with Gasteiger partial charge in [0.05, 0.1) is 5.69 Å². The molecule has 0 spiro atoms. The third-order valence-corrected chi connectivity index (χ3v) is 2.52. The largest absolute Gasteiger partial charge is 0.395 e. The van der Waals surface area contributed by atoms with Crippen molar-refractivity contribution < 1.29 is 4.39 Å². The molecule has 0 amide bonds. The molecule has 2 nitrogen and oxygen atoms in total. The second-order valence-electron chi connectivity index (χ2n) is 2.69. The van der Waals surface area contributed by atoms with Gasteiger partial charge >= 0.3 is 0 Å². The summed E-state index contributed by atoms with van der Waals surface area (Å²) >= 11 is 1.99. The zero-order valence-electron chi connectivity index (χ0n) is 6.64. The predicted octanol–water partition coefficient (Wildman–Crippen LogP) is 2.03. The molecule has 1 aromatic carbocycles. The van der Waals surface area contributed by atoms with Crippen molar-refractivity contribution in [3.63, 3.8) is 0 Å². The van der Waals surface area contributed by atoms with Gasteiger partial charge in [-0.05, 0) is 47.2 Å². The van der Waals surface area contributed by atoms with E-state index in [2.05, 4.69) is 0 Å². The molecule has 0 radical (unpaired) electrons. The standard InChI is InChI=1S/C8H10FIN2/c1-4(11)5-2-6(9)8(12)7(10)3-5/h2-4H,11-12H2,1H3. The Morgan fingerprint density at radius 2 is 2.08 bits per heavy atom. The van der Waals surface area contributed by atoms with E-state index in [1.807, 2.05) is 22.6 Å². The molecule has 0 heterocycles. The lowest BCUT2D eigenvalue weighted by atomic mass is 10.1. The Bertz CT molecular complexity index is 276. The molecule has 0 aromatic heterocycles. The van der Waals surface area contributed by atoms with Crippen molar-refractivity contribution in [2.75, 3.05) is 5.73 Å². The van der Waals surface area contributed by atoms with Crippen molar-refractivity contribution in [2.24, 2.45) is 5.73 Å². The quantitative estimate of drug-likeness (QED) is 0.611. The van der Waals surface area contributed by atoms with Crippen molar-refractivity contribution in [1.29, 1.82) is 0 Å². The summed E-state index contributed by atoms with van der Waals surface area (Å²) in [6.45, 7) is 1.81. The first-order valence-electron chi connectivity index (χ1n) is 3.52. The van der Waals surface area contributed by atoms with Crippen LogP contribution in [0.2, 0.25) is 0 Å². The number of nitrogen functional groups attached to an aromatic ring is 1. The van der Waals surface area contributed by atoms with E-state index in [0.717, 1.165) is 5.56 Å². The average molecular weight is 280 g/mol. The Labute approximate surface area is 84.3 Å². The van der Waals surface area contributed by atoms with Crippen molar-refractivity contribution >= 4 is 28.3 Å². The highest BCUT2D eigenvalue weighted by molar-refractivity contribution is 14.1. The molecule has 66 valence electrons. The Morgan fingerprint density at radius 1 is 1.50 bits per heavy atom. The molecule has 0 aliphatic rings. The molecule has 0 saturated carbocycles. The third kappa shape index (κ3) is 1.87. The van der Waals surface area contributed by atoms with Crippen LogP contribution in [-0.2, 0) is 0 Å². The van der Waals surface area contributed by atoms with Crippen LogP contribution in [0.4, 0.5) is 10.1 Å². The number of rotatable bonds is 1. The van der Waals surface area contributed by atoms with Crippen LogP contribution in [0.1, 0.15) is 18.5 Å². The summed E-state index contributed by atoms with van der Waals surface area (Å²) in [5.74, 6) is -0.394. The van der Waals surface area contributed by atoms with Crippen LogP contribution in [0.3, 0.4) is 0 Å². The van der Waals surface area contributed by atoms with Gasteiger partial charge in [0.25, 0.3) is 0 Å². The fraction of sp³-hybridized carbons (Fsp3) is 0.250. The molecule has 12 heavy (non-hydrogen) atoms. The van der Waals surface area contributed by atoms with Gasteiger partial charge in [-0.25, -0.2) is 4.39 Å². The second-order valence-corrected chi connectivity index (χ2v) is 3.85. The topological polar surface area (TPSA) is 52.0 Å². The molecule has 1 unspecified atom stereocenters.